The quantitative estimate of drug-likeness (QED) is 0.352. The molecule has 0 unspecified atom stereocenters. The van der Waals surface area contributed by atoms with Gasteiger partial charge in [-0.2, -0.15) is 0 Å². The molecular weight excluding hydrogens is 390 g/mol. The fourth-order valence-electron chi connectivity index (χ4n) is 1.94. The molecule has 0 radical (unpaired) electrons. The fourth-order valence-corrected chi connectivity index (χ4v) is 1.94. The first-order valence-electron chi connectivity index (χ1n) is 8.37. The van der Waals surface area contributed by atoms with Gasteiger partial charge in [0.15, 0.2) is 0 Å². The van der Waals surface area contributed by atoms with Gasteiger partial charge in [-0.15, -0.1) is 0 Å². The Morgan fingerprint density at radius 3 is 1.17 bits per heavy atom. The van der Waals surface area contributed by atoms with E-state index in [1.165, 1.54) is 30.3 Å². The van der Waals surface area contributed by atoms with Crippen molar-refractivity contribution < 1.29 is 29.7 Å². The summed E-state index contributed by atoms with van der Waals surface area (Å²) in [5.74, 6) is -2.85. The molecule has 3 rings (SSSR count). The summed E-state index contributed by atoms with van der Waals surface area (Å²) in [6.45, 7) is 0. The summed E-state index contributed by atoms with van der Waals surface area (Å²) in [4.78, 5) is 30.9. The summed E-state index contributed by atoms with van der Waals surface area (Å²) in [7, 11) is 0. The van der Waals surface area contributed by atoms with Crippen molar-refractivity contribution in [2.75, 3.05) is 17.2 Å². The Bertz CT molecular complexity index is 947. The number of carboxylic acid groups (broad SMARTS) is 3. The maximum Gasteiger partial charge on any atom is 0.337 e. The van der Waals surface area contributed by atoms with Crippen molar-refractivity contribution in [1.82, 2.24) is 0 Å². The van der Waals surface area contributed by atoms with Crippen LogP contribution in [0, 0.1) is 0 Å². The molecule has 0 spiro atoms. The molecule has 0 aliphatic heterocycles. The highest BCUT2D eigenvalue weighted by Crippen LogP contribution is 2.09. The molecule has 0 saturated heterocycles. The van der Waals surface area contributed by atoms with Crippen LogP contribution >= 0.6 is 0 Å². The van der Waals surface area contributed by atoms with Crippen molar-refractivity contribution in [2.24, 2.45) is 0 Å². The Morgan fingerprint density at radius 2 is 0.900 bits per heavy atom. The highest BCUT2D eigenvalue weighted by Gasteiger charge is 2.04. The third-order valence-corrected chi connectivity index (χ3v) is 3.51. The van der Waals surface area contributed by atoms with E-state index in [1.54, 1.807) is 42.5 Å². The maximum atomic E-state index is 10.3. The van der Waals surface area contributed by atoms with Crippen LogP contribution in [0.25, 0.3) is 0 Å². The first kappa shape index (κ1) is 23.5. The molecule has 0 saturated carbocycles. The molecule has 9 heteroatoms. The third kappa shape index (κ3) is 8.01. The van der Waals surface area contributed by atoms with Crippen LogP contribution in [-0.4, -0.2) is 33.2 Å². The Balaban J connectivity index is 0.000000225. The van der Waals surface area contributed by atoms with E-state index < -0.39 is 17.9 Å². The number of nitrogens with two attached hydrogens (primary N) is 3. The topological polar surface area (TPSA) is 190 Å². The minimum Gasteiger partial charge on any atom is -0.478 e. The third-order valence-electron chi connectivity index (χ3n) is 3.51. The van der Waals surface area contributed by atoms with E-state index in [0.29, 0.717) is 17.1 Å². The van der Waals surface area contributed by atoms with Crippen molar-refractivity contribution >= 4 is 35.0 Å². The zero-order chi connectivity index (χ0) is 22.7. The normalized spacial score (nSPS) is 9.20. The summed E-state index contributed by atoms with van der Waals surface area (Å²) < 4.78 is 0. The molecule has 0 aliphatic rings. The zero-order valence-electron chi connectivity index (χ0n) is 15.7. The van der Waals surface area contributed by atoms with Crippen molar-refractivity contribution in [1.29, 1.82) is 0 Å². The van der Waals surface area contributed by atoms with Crippen molar-refractivity contribution in [2.45, 2.75) is 0 Å². The van der Waals surface area contributed by atoms with Crippen LogP contribution in [0.5, 0.6) is 0 Å². The Labute approximate surface area is 172 Å². The first-order chi connectivity index (χ1) is 14.1. The van der Waals surface area contributed by atoms with E-state index in [-0.39, 0.29) is 16.7 Å². The van der Waals surface area contributed by atoms with E-state index in [0.717, 1.165) is 0 Å². The molecule has 3 aromatic carbocycles. The minimum atomic E-state index is -0.988. The van der Waals surface area contributed by atoms with Gasteiger partial charge < -0.3 is 32.5 Å². The summed E-state index contributed by atoms with van der Waals surface area (Å²) in [6.07, 6.45) is 0. The molecule has 0 heterocycles. The van der Waals surface area contributed by atoms with Crippen molar-refractivity contribution in [3.8, 4) is 0 Å². The summed E-state index contributed by atoms with van der Waals surface area (Å²) in [5.41, 5.74) is 18.1. The van der Waals surface area contributed by atoms with Crippen LogP contribution in [0.1, 0.15) is 31.1 Å². The predicted molar refractivity (Wildman–Crippen MR) is 113 cm³/mol. The summed E-state index contributed by atoms with van der Waals surface area (Å²) in [5, 5.41) is 25.4. The second-order valence-electron chi connectivity index (χ2n) is 5.75. The molecule has 0 fully saturated rings. The van der Waals surface area contributed by atoms with Gasteiger partial charge in [-0.3, -0.25) is 0 Å². The lowest BCUT2D eigenvalue weighted by Crippen LogP contribution is -2.00. The fraction of sp³-hybridized carbons (Fsp3) is 0. The standard InChI is InChI=1S/3C7H7NO2/c2*8-6-3-1-5(2-4-6)7(9)10;8-6-4-2-1-3-5(6)7(9)10/h3*1-4H,8H2,(H,9,10). The second-order valence-corrected chi connectivity index (χ2v) is 5.75. The highest BCUT2D eigenvalue weighted by atomic mass is 16.4. The molecule has 0 amide bonds. The highest BCUT2D eigenvalue weighted by molar-refractivity contribution is 5.93. The van der Waals surface area contributed by atoms with Gasteiger partial charge in [-0.05, 0) is 60.7 Å². The maximum absolute atomic E-state index is 10.3. The van der Waals surface area contributed by atoms with E-state index >= 15 is 0 Å². The number of benzene rings is 3. The van der Waals surface area contributed by atoms with Gasteiger partial charge in [-0.1, -0.05) is 12.1 Å². The number of hydrogen-bond acceptors (Lipinski definition) is 6. The smallest absolute Gasteiger partial charge is 0.337 e. The second kappa shape index (κ2) is 11.3. The molecular formula is C21H21N3O6. The number of hydrogen-bond donors (Lipinski definition) is 6. The van der Waals surface area contributed by atoms with Crippen LogP contribution in [-0.2, 0) is 0 Å². The van der Waals surface area contributed by atoms with Crippen LogP contribution in [0.3, 0.4) is 0 Å². The van der Waals surface area contributed by atoms with Gasteiger partial charge in [0.1, 0.15) is 0 Å². The molecule has 0 atom stereocenters. The van der Waals surface area contributed by atoms with E-state index in [2.05, 4.69) is 0 Å². The lowest BCUT2D eigenvalue weighted by atomic mass is 10.2. The zero-order valence-corrected chi connectivity index (χ0v) is 15.7. The van der Waals surface area contributed by atoms with Gasteiger partial charge in [0, 0.05) is 17.1 Å². The first-order valence-corrected chi connectivity index (χ1v) is 8.37. The van der Waals surface area contributed by atoms with Gasteiger partial charge in [-0.25, -0.2) is 14.4 Å². The van der Waals surface area contributed by atoms with Crippen LogP contribution in [0.4, 0.5) is 17.1 Å². The lowest BCUT2D eigenvalue weighted by molar-refractivity contribution is 0.0686. The molecule has 9 N–H and O–H groups in total. The molecule has 156 valence electrons. The SMILES string of the molecule is Nc1ccc(C(=O)O)cc1.Nc1ccc(C(=O)O)cc1.Nc1ccccc1C(=O)O. The molecule has 0 bridgehead atoms. The molecule has 9 nitrogen and oxygen atoms in total. The number of carboxylic acids is 3. The van der Waals surface area contributed by atoms with Crippen LogP contribution in [0.2, 0.25) is 0 Å². The average molecular weight is 411 g/mol. The van der Waals surface area contributed by atoms with Gasteiger partial charge >= 0.3 is 17.9 Å². The Morgan fingerprint density at radius 1 is 0.533 bits per heavy atom. The number of aromatic carboxylic acids is 3. The minimum absolute atomic E-state index is 0.155. The van der Waals surface area contributed by atoms with E-state index in [9.17, 15) is 14.4 Å². The Kier molecular flexibility index (Phi) is 8.89. The van der Waals surface area contributed by atoms with Gasteiger partial charge in [0.05, 0.1) is 16.7 Å². The molecule has 30 heavy (non-hydrogen) atoms. The van der Waals surface area contributed by atoms with Crippen LogP contribution < -0.4 is 17.2 Å². The van der Waals surface area contributed by atoms with Crippen molar-refractivity contribution in [3.05, 3.63) is 89.5 Å². The monoisotopic (exact) mass is 411 g/mol. The molecule has 3 aromatic rings. The molecule has 0 aliphatic carbocycles. The number of rotatable bonds is 3. The van der Waals surface area contributed by atoms with Crippen LogP contribution in [0.15, 0.2) is 72.8 Å². The number of anilines is 3. The summed E-state index contributed by atoms with van der Waals surface area (Å²) in [6, 6.07) is 18.5. The van der Waals surface area contributed by atoms with Gasteiger partial charge in [0.25, 0.3) is 0 Å². The molecule has 0 aromatic heterocycles. The number of carbonyl (C=O) groups is 3. The average Bonchev–Trinajstić information content (AvgIpc) is 2.70. The Hall–Kier alpha value is -4.53. The largest absolute Gasteiger partial charge is 0.478 e. The lowest BCUT2D eigenvalue weighted by Gasteiger charge is -1.96. The van der Waals surface area contributed by atoms with E-state index in [1.807, 2.05) is 0 Å². The number of nitrogen functional groups attached to an aromatic ring is 3. The predicted octanol–water partition coefficient (Wildman–Crippen LogP) is 2.90. The summed E-state index contributed by atoms with van der Waals surface area (Å²) >= 11 is 0. The van der Waals surface area contributed by atoms with Crippen molar-refractivity contribution in [3.63, 3.8) is 0 Å². The number of para-hydroxylation sites is 1. The van der Waals surface area contributed by atoms with E-state index in [4.69, 9.17) is 32.5 Å². The van der Waals surface area contributed by atoms with Gasteiger partial charge in [0.2, 0.25) is 0 Å².